The molecule has 16 heavy (non-hydrogen) atoms. The Hall–Kier alpha value is -1.06. The number of carbonyl (C=O) groups is 1. The molecular weight excluding hydrogens is 226 g/mol. The topological polar surface area (TPSA) is 40.5 Å². The third-order valence-electron chi connectivity index (χ3n) is 2.44. The molecule has 0 aliphatic rings. The lowest BCUT2D eigenvalue weighted by Crippen LogP contribution is -2.20. The fraction of sp³-hybridized carbons (Fsp3) is 0.417. The number of aliphatic carboxylic acids is 1. The van der Waals surface area contributed by atoms with Crippen LogP contribution in [0, 0.1) is 0 Å². The number of benzene rings is 1. The van der Waals surface area contributed by atoms with Crippen molar-refractivity contribution in [3.8, 4) is 0 Å². The second kappa shape index (κ2) is 7.25. The Kier molecular flexibility index (Phi) is 6.77. The Bertz CT molecular complexity index is 314. The molecule has 3 nitrogen and oxygen atoms in total. The summed E-state index contributed by atoms with van der Waals surface area (Å²) in [6.07, 6.45) is 0.851. The van der Waals surface area contributed by atoms with Gasteiger partial charge in [-0.2, -0.15) is 0 Å². The normalized spacial score (nSPS) is 11.9. The molecule has 0 fully saturated rings. The summed E-state index contributed by atoms with van der Waals surface area (Å²) < 4.78 is 0. The van der Waals surface area contributed by atoms with Crippen LogP contribution < -0.4 is 0 Å². The molecule has 1 N–H and O–H groups in total. The van der Waals surface area contributed by atoms with E-state index in [0.29, 0.717) is 6.42 Å². The lowest BCUT2D eigenvalue weighted by atomic mass is 10.0. The number of halogens is 1. The third kappa shape index (κ3) is 4.64. The van der Waals surface area contributed by atoms with E-state index in [-0.39, 0.29) is 24.9 Å². The van der Waals surface area contributed by atoms with Gasteiger partial charge in [0.1, 0.15) is 0 Å². The Morgan fingerprint density at radius 2 is 1.88 bits per heavy atom. The van der Waals surface area contributed by atoms with Crippen LogP contribution in [0.2, 0.25) is 0 Å². The quantitative estimate of drug-likeness (QED) is 0.864. The number of carboxylic acid groups (broad SMARTS) is 1. The molecule has 0 amide bonds. The number of carboxylic acids is 1. The van der Waals surface area contributed by atoms with Crippen molar-refractivity contribution in [2.45, 2.75) is 18.9 Å². The summed E-state index contributed by atoms with van der Waals surface area (Å²) in [5.41, 5.74) is 1.17. The highest BCUT2D eigenvalue weighted by molar-refractivity contribution is 5.85. The third-order valence-corrected chi connectivity index (χ3v) is 2.44. The van der Waals surface area contributed by atoms with E-state index in [2.05, 4.69) is 4.90 Å². The van der Waals surface area contributed by atoms with E-state index in [0.717, 1.165) is 0 Å². The van der Waals surface area contributed by atoms with Crippen molar-refractivity contribution >= 4 is 18.4 Å². The summed E-state index contributed by atoms with van der Waals surface area (Å²) in [6.45, 7) is 0. The van der Waals surface area contributed by atoms with E-state index >= 15 is 0 Å². The fourth-order valence-corrected chi connectivity index (χ4v) is 1.66. The van der Waals surface area contributed by atoms with E-state index in [9.17, 15) is 4.79 Å². The van der Waals surface area contributed by atoms with Crippen LogP contribution in [-0.2, 0) is 4.79 Å². The Morgan fingerprint density at radius 3 is 2.31 bits per heavy atom. The van der Waals surface area contributed by atoms with Crippen molar-refractivity contribution in [1.82, 2.24) is 4.90 Å². The van der Waals surface area contributed by atoms with Crippen molar-refractivity contribution < 1.29 is 9.90 Å². The molecule has 1 atom stereocenters. The molecule has 0 spiro atoms. The maximum atomic E-state index is 10.5. The van der Waals surface area contributed by atoms with Gasteiger partial charge in [-0.1, -0.05) is 30.3 Å². The first-order valence-corrected chi connectivity index (χ1v) is 5.04. The molecule has 0 aromatic heterocycles. The van der Waals surface area contributed by atoms with E-state index in [1.165, 1.54) is 5.56 Å². The molecule has 0 heterocycles. The van der Waals surface area contributed by atoms with Crippen molar-refractivity contribution in [2.24, 2.45) is 0 Å². The van der Waals surface area contributed by atoms with Crippen molar-refractivity contribution in [3.05, 3.63) is 35.9 Å². The predicted molar refractivity (Wildman–Crippen MR) is 67.0 cm³/mol. The lowest BCUT2D eigenvalue weighted by Gasteiger charge is -2.24. The van der Waals surface area contributed by atoms with E-state index in [1.807, 2.05) is 44.4 Å². The predicted octanol–water partition coefficient (Wildman–Crippen LogP) is 2.58. The molecule has 1 unspecified atom stereocenters. The van der Waals surface area contributed by atoms with E-state index < -0.39 is 5.97 Å². The standard InChI is InChI=1S/C12H17NO2.ClH/c1-13(2)11(8-9-12(14)15)10-6-4-3-5-7-10;/h3-7,11H,8-9H2,1-2H3,(H,14,15);1H. The van der Waals surface area contributed by atoms with Crippen LogP contribution in [0.4, 0.5) is 0 Å². The van der Waals surface area contributed by atoms with Gasteiger partial charge in [0.15, 0.2) is 0 Å². The Labute approximate surface area is 102 Å². The smallest absolute Gasteiger partial charge is 0.303 e. The van der Waals surface area contributed by atoms with E-state index in [1.54, 1.807) is 0 Å². The van der Waals surface area contributed by atoms with Crippen LogP contribution in [-0.4, -0.2) is 30.1 Å². The van der Waals surface area contributed by atoms with Crippen LogP contribution in [0.15, 0.2) is 30.3 Å². The summed E-state index contributed by atoms with van der Waals surface area (Å²) in [4.78, 5) is 12.6. The SMILES string of the molecule is CN(C)C(CCC(=O)O)c1ccccc1.Cl. The average Bonchev–Trinajstić information content (AvgIpc) is 2.18. The zero-order valence-electron chi connectivity index (χ0n) is 9.59. The first kappa shape index (κ1) is 14.9. The van der Waals surface area contributed by atoms with Gasteiger partial charge in [0.05, 0.1) is 0 Å². The largest absolute Gasteiger partial charge is 0.481 e. The Morgan fingerprint density at radius 1 is 1.31 bits per heavy atom. The highest BCUT2D eigenvalue weighted by Gasteiger charge is 2.14. The van der Waals surface area contributed by atoms with Crippen LogP contribution in [0.3, 0.4) is 0 Å². The fourth-order valence-electron chi connectivity index (χ4n) is 1.66. The molecular formula is C12H18ClNO2. The summed E-state index contributed by atoms with van der Waals surface area (Å²) in [5, 5.41) is 8.67. The van der Waals surface area contributed by atoms with Crippen molar-refractivity contribution in [3.63, 3.8) is 0 Å². The van der Waals surface area contributed by atoms with Gasteiger partial charge >= 0.3 is 5.97 Å². The van der Waals surface area contributed by atoms with Gasteiger partial charge in [0.25, 0.3) is 0 Å². The van der Waals surface area contributed by atoms with Gasteiger partial charge in [-0.3, -0.25) is 4.79 Å². The highest BCUT2D eigenvalue weighted by atomic mass is 35.5. The molecule has 0 saturated heterocycles. The molecule has 0 radical (unpaired) electrons. The van der Waals surface area contributed by atoms with E-state index in [4.69, 9.17) is 5.11 Å². The van der Waals surface area contributed by atoms with Gasteiger partial charge in [-0.15, -0.1) is 12.4 Å². The molecule has 90 valence electrons. The first-order chi connectivity index (χ1) is 7.11. The summed E-state index contributed by atoms with van der Waals surface area (Å²) in [7, 11) is 3.94. The summed E-state index contributed by atoms with van der Waals surface area (Å²) >= 11 is 0. The monoisotopic (exact) mass is 243 g/mol. The van der Waals surface area contributed by atoms with Gasteiger partial charge < -0.3 is 10.0 Å². The van der Waals surface area contributed by atoms with Gasteiger partial charge in [-0.05, 0) is 26.1 Å². The number of hydrogen-bond donors (Lipinski definition) is 1. The second-order valence-electron chi connectivity index (χ2n) is 3.82. The van der Waals surface area contributed by atoms with Crippen LogP contribution in [0.25, 0.3) is 0 Å². The molecule has 0 saturated carbocycles. The molecule has 0 aliphatic heterocycles. The zero-order valence-corrected chi connectivity index (χ0v) is 10.4. The summed E-state index contributed by atoms with van der Waals surface area (Å²) in [6, 6.07) is 10.2. The average molecular weight is 244 g/mol. The minimum atomic E-state index is -0.738. The summed E-state index contributed by atoms with van der Waals surface area (Å²) in [5.74, 6) is -0.738. The molecule has 1 rings (SSSR count). The second-order valence-corrected chi connectivity index (χ2v) is 3.82. The molecule has 1 aromatic rings. The van der Waals surface area contributed by atoms with Crippen LogP contribution in [0.5, 0.6) is 0 Å². The first-order valence-electron chi connectivity index (χ1n) is 5.04. The number of hydrogen-bond acceptors (Lipinski definition) is 2. The van der Waals surface area contributed by atoms with Crippen LogP contribution >= 0.6 is 12.4 Å². The lowest BCUT2D eigenvalue weighted by molar-refractivity contribution is -0.137. The maximum absolute atomic E-state index is 10.5. The van der Waals surface area contributed by atoms with Gasteiger partial charge in [0.2, 0.25) is 0 Å². The minimum absolute atomic E-state index is 0. The van der Waals surface area contributed by atoms with Crippen molar-refractivity contribution in [2.75, 3.05) is 14.1 Å². The number of rotatable bonds is 5. The number of nitrogens with zero attached hydrogens (tertiary/aromatic N) is 1. The minimum Gasteiger partial charge on any atom is -0.481 e. The molecule has 0 bridgehead atoms. The molecule has 0 aliphatic carbocycles. The molecule has 4 heteroatoms. The van der Waals surface area contributed by atoms with Crippen LogP contribution in [0.1, 0.15) is 24.4 Å². The van der Waals surface area contributed by atoms with Gasteiger partial charge in [-0.25, -0.2) is 0 Å². The maximum Gasteiger partial charge on any atom is 0.303 e. The zero-order chi connectivity index (χ0) is 11.3. The van der Waals surface area contributed by atoms with Crippen molar-refractivity contribution in [1.29, 1.82) is 0 Å². The highest BCUT2D eigenvalue weighted by Crippen LogP contribution is 2.22. The molecule has 1 aromatic carbocycles. The Balaban J connectivity index is 0.00000225. The van der Waals surface area contributed by atoms with Gasteiger partial charge in [0, 0.05) is 12.5 Å².